The Labute approximate surface area is 156 Å². The molecule has 0 bridgehead atoms. The van der Waals surface area contributed by atoms with E-state index in [1.807, 2.05) is 0 Å². The molecule has 0 aliphatic carbocycles. The zero-order valence-corrected chi connectivity index (χ0v) is 14.7. The summed E-state index contributed by atoms with van der Waals surface area (Å²) in [6, 6.07) is 1.80. The second kappa shape index (κ2) is 7.70. The molecule has 11 nitrogen and oxygen atoms in total. The number of hydrogen-bond acceptors (Lipinski definition) is 9. The first-order valence-corrected chi connectivity index (χ1v) is 8.78. The van der Waals surface area contributed by atoms with Gasteiger partial charge in [-0.05, 0) is 0 Å². The van der Waals surface area contributed by atoms with Crippen molar-refractivity contribution in [3.63, 3.8) is 0 Å². The van der Waals surface area contributed by atoms with Crippen molar-refractivity contribution in [1.29, 1.82) is 0 Å². The Morgan fingerprint density at radius 3 is 2.08 bits per heavy atom. The molecule has 1 saturated heterocycles. The number of carboxylic acids is 1. The third-order valence-corrected chi connectivity index (χ3v) is 4.35. The van der Waals surface area contributed by atoms with E-state index in [0.717, 1.165) is 12.1 Å². The molecule has 1 aromatic rings. The molecule has 1 aromatic carbocycles. The molecule has 1 aliphatic rings. The highest BCUT2D eigenvalue weighted by Crippen LogP contribution is 2.38. The molecule has 0 unspecified atom stereocenters. The molecule has 14 heteroatoms. The molecule has 5 N–H and O–H groups in total. The average Bonchev–Trinajstić information content (AvgIpc) is 2.50. The average molecular weight is 435 g/mol. The molecular formula is C12H12Cl2O11S. The summed E-state index contributed by atoms with van der Waals surface area (Å²) in [5, 5.41) is 37.9. The molecule has 26 heavy (non-hydrogen) atoms. The van der Waals surface area contributed by atoms with Crippen LogP contribution in [0.3, 0.4) is 0 Å². The number of aliphatic hydroxyl groups excluding tert-OH is 3. The monoisotopic (exact) mass is 434 g/mol. The van der Waals surface area contributed by atoms with Crippen molar-refractivity contribution in [2.75, 3.05) is 0 Å². The normalized spacial score (nSPS) is 29.2. The van der Waals surface area contributed by atoms with Crippen LogP contribution < -0.4 is 8.92 Å². The maximum absolute atomic E-state index is 11.1. The minimum atomic E-state index is -5.00. The SMILES string of the molecule is O=C(O)[C@H]1O[C@@H](Oc2cc(Cl)c(Cl)cc2OS(=O)(=O)O)[C@H](O)[C@@H](O)[C@@H]1O. The first-order chi connectivity index (χ1) is 11.9. The molecule has 0 amide bonds. The summed E-state index contributed by atoms with van der Waals surface area (Å²) >= 11 is 11.5. The number of carbonyl (C=O) groups is 1. The van der Waals surface area contributed by atoms with Gasteiger partial charge in [0.1, 0.15) is 18.3 Å². The summed E-state index contributed by atoms with van der Waals surface area (Å²) in [7, 11) is -5.00. The van der Waals surface area contributed by atoms with Crippen molar-refractivity contribution in [2.24, 2.45) is 0 Å². The summed E-state index contributed by atoms with van der Waals surface area (Å²) in [6.45, 7) is 0. The minimum Gasteiger partial charge on any atom is -0.479 e. The quantitative estimate of drug-likeness (QED) is 0.374. The molecule has 1 heterocycles. The van der Waals surface area contributed by atoms with E-state index in [2.05, 4.69) is 4.18 Å². The molecule has 5 atom stereocenters. The van der Waals surface area contributed by atoms with Gasteiger partial charge >= 0.3 is 16.4 Å². The zero-order valence-electron chi connectivity index (χ0n) is 12.4. The van der Waals surface area contributed by atoms with Crippen molar-refractivity contribution in [3.05, 3.63) is 22.2 Å². The van der Waals surface area contributed by atoms with Gasteiger partial charge in [-0.15, -0.1) is 0 Å². The van der Waals surface area contributed by atoms with Gasteiger partial charge in [0.25, 0.3) is 0 Å². The third kappa shape index (κ3) is 4.66. The lowest BCUT2D eigenvalue weighted by molar-refractivity contribution is -0.271. The Hall–Kier alpha value is -1.38. The summed E-state index contributed by atoms with van der Waals surface area (Å²) in [6.07, 6.45) is -9.65. The Morgan fingerprint density at radius 2 is 1.58 bits per heavy atom. The van der Waals surface area contributed by atoms with E-state index in [1.165, 1.54) is 0 Å². The molecule has 2 rings (SSSR count). The number of hydrogen-bond donors (Lipinski definition) is 5. The first-order valence-electron chi connectivity index (χ1n) is 6.65. The van der Waals surface area contributed by atoms with Gasteiger partial charge in [0.2, 0.25) is 6.29 Å². The second-order valence-electron chi connectivity index (χ2n) is 5.08. The van der Waals surface area contributed by atoms with Gasteiger partial charge in [-0.2, -0.15) is 8.42 Å². The summed E-state index contributed by atoms with van der Waals surface area (Å²) < 4.78 is 44.9. The molecule has 0 saturated carbocycles. The summed E-state index contributed by atoms with van der Waals surface area (Å²) in [5.41, 5.74) is 0. The lowest BCUT2D eigenvalue weighted by atomic mass is 9.99. The summed E-state index contributed by atoms with van der Waals surface area (Å²) in [5.74, 6) is -2.83. The highest BCUT2D eigenvalue weighted by atomic mass is 35.5. The Balaban J connectivity index is 2.36. The van der Waals surface area contributed by atoms with Gasteiger partial charge in [-0.3, -0.25) is 4.55 Å². The van der Waals surface area contributed by atoms with Crippen LogP contribution in [0.4, 0.5) is 0 Å². The molecule has 0 aromatic heterocycles. The van der Waals surface area contributed by atoms with Crippen LogP contribution in [0.5, 0.6) is 11.5 Å². The minimum absolute atomic E-state index is 0.148. The Kier molecular flexibility index (Phi) is 6.20. The zero-order chi connectivity index (χ0) is 19.8. The predicted molar refractivity (Wildman–Crippen MR) is 83.6 cm³/mol. The van der Waals surface area contributed by atoms with Crippen LogP contribution in [0.15, 0.2) is 12.1 Å². The maximum Gasteiger partial charge on any atom is 0.446 e. The summed E-state index contributed by atoms with van der Waals surface area (Å²) in [4.78, 5) is 11.1. The highest BCUT2D eigenvalue weighted by Gasteiger charge is 2.48. The smallest absolute Gasteiger partial charge is 0.446 e. The van der Waals surface area contributed by atoms with Crippen LogP contribution in [0.1, 0.15) is 0 Å². The van der Waals surface area contributed by atoms with Crippen LogP contribution in [-0.2, 0) is 19.9 Å². The fraction of sp³-hybridized carbons (Fsp3) is 0.417. The first kappa shape index (κ1) is 20.9. The van der Waals surface area contributed by atoms with E-state index in [1.54, 1.807) is 0 Å². The van der Waals surface area contributed by atoms with Gasteiger partial charge in [-0.25, -0.2) is 4.79 Å². The van der Waals surface area contributed by atoms with Crippen molar-refractivity contribution in [2.45, 2.75) is 30.7 Å². The van der Waals surface area contributed by atoms with E-state index in [4.69, 9.17) is 42.3 Å². The highest BCUT2D eigenvalue weighted by molar-refractivity contribution is 7.81. The number of aliphatic hydroxyl groups is 3. The molecule has 146 valence electrons. The number of halogens is 2. The van der Waals surface area contributed by atoms with E-state index in [-0.39, 0.29) is 10.0 Å². The fourth-order valence-corrected chi connectivity index (χ4v) is 2.72. The second-order valence-corrected chi connectivity index (χ2v) is 6.91. The van der Waals surface area contributed by atoms with Gasteiger partial charge in [0.15, 0.2) is 17.6 Å². The maximum atomic E-state index is 11.1. The molecule has 1 fully saturated rings. The lowest BCUT2D eigenvalue weighted by Gasteiger charge is -2.38. The Bertz CT molecular complexity index is 799. The molecular weight excluding hydrogens is 423 g/mol. The third-order valence-electron chi connectivity index (χ3n) is 3.24. The largest absolute Gasteiger partial charge is 0.479 e. The van der Waals surface area contributed by atoms with Gasteiger partial charge in [0, 0.05) is 12.1 Å². The van der Waals surface area contributed by atoms with E-state index in [0.29, 0.717) is 0 Å². The van der Waals surface area contributed by atoms with Crippen molar-refractivity contribution in [1.82, 2.24) is 0 Å². The van der Waals surface area contributed by atoms with Crippen LogP contribution in [-0.4, -0.2) is 70.1 Å². The van der Waals surface area contributed by atoms with Crippen LogP contribution in [0.2, 0.25) is 10.0 Å². The molecule has 0 spiro atoms. The number of benzene rings is 1. The topological polar surface area (TPSA) is 180 Å². The Morgan fingerprint density at radius 1 is 1.04 bits per heavy atom. The molecule has 1 aliphatic heterocycles. The van der Waals surface area contributed by atoms with Crippen LogP contribution >= 0.6 is 23.2 Å². The van der Waals surface area contributed by atoms with Gasteiger partial charge in [0.05, 0.1) is 10.0 Å². The standard InChI is InChI=1S/C12H12Cl2O11S/c13-3-1-5(6(2-4(3)14)25-26(20,21)22)23-12-9(17)7(15)8(16)10(24-12)11(18)19/h1-2,7-10,12,15-17H,(H,18,19)(H,20,21,22)/t7-,8-,9+,10-,12+/m0/s1. The molecule has 0 radical (unpaired) electrons. The number of aliphatic carboxylic acids is 1. The number of ether oxygens (including phenoxy) is 2. The van der Waals surface area contributed by atoms with Crippen LogP contribution in [0.25, 0.3) is 0 Å². The number of rotatable bonds is 5. The van der Waals surface area contributed by atoms with E-state index < -0.39 is 58.6 Å². The van der Waals surface area contributed by atoms with Crippen molar-refractivity contribution in [3.8, 4) is 11.5 Å². The number of carboxylic acid groups (broad SMARTS) is 1. The van der Waals surface area contributed by atoms with Crippen molar-refractivity contribution >= 4 is 39.6 Å². The van der Waals surface area contributed by atoms with Gasteiger partial charge < -0.3 is 34.1 Å². The predicted octanol–water partition coefficient (Wildman–Crippen LogP) is -0.554. The lowest BCUT2D eigenvalue weighted by Crippen LogP contribution is -2.61. The van der Waals surface area contributed by atoms with E-state index >= 15 is 0 Å². The van der Waals surface area contributed by atoms with Crippen molar-refractivity contribution < 1.29 is 51.8 Å². The van der Waals surface area contributed by atoms with E-state index in [9.17, 15) is 28.5 Å². The van der Waals surface area contributed by atoms with Gasteiger partial charge in [-0.1, -0.05) is 23.2 Å². The fourth-order valence-electron chi connectivity index (χ4n) is 2.06. The van der Waals surface area contributed by atoms with Crippen LogP contribution in [0, 0.1) is 0 Å².